The molecule has 0 aromatic heterocycles. The molecule has 1 fully saturated rings. The molecule has 2 heterocycles. The fraction of sp³-hybridized carbons (Fsp3) is 0.387. The van der Waals surface area contributed by atoms with E-state index in [-0.39, 0.29) is 25.2 Å². The highest BCUT2D eigenvalue weighted by Gasteiger charge is 2.38. The fourth-order valence-electron chi connectivity index (χ4n) is 5.08. The van der Waals surface area contributed by atoms with E-state index in [1.807, 2.05) is 61.5 Å². The van der Waals surface area contributed by atoms with Crippen molar-refractivity contribution >= 4 is 18.0 Å². The van der Waals surface area contributed by atoms with Crippen LogP contribution in [0.3, 0.4) is 0 Å². The van der Waals surface area contributed by atoms with Gasteiger partial charge in [0.25, 0.3) is 0 Å². The summed E-state index contributed by atoms with van der Waals surface area (Å²) >= 11 is 0. The molecule has 4 amide bonds. The van der Waals surface area contributed by atoms with Crippen LogP contribution in [-0.4, -0.2) is 85.2 Å². The molecule has 0 radical (unpaired) electrons. The zero-order valence-corrected chi connectivity index (χ0v) is 23.8. The number of carbonyl (C=O) groups is 3. The van der Waals surface area contributed by atoms with Crippen LogP contribution in [0.4, 0.5) is 9.59 Å². The summed E-state index contributed by atoms with van der Waals surface area (Å²) in [5.74, 6) is 0.771. The van der Waals surface area contributed by atoms with Crippen molar-refractivity contribution in [1.82, 2.24) is 25.3 Å². The third-order valence-corrected chi connectivity index (χ3v) is 6.99. The van der Waals surface area contributed by atoms with Crippen molar-refractivity contribution in [2.45, 2.75) is 26.3 Å². The Morgan fingerprint density at radius 3 is 2.56 bits per heavy atom. The Hall–Kier alpha value is -4.31. The number of nitrogens with one attached hydrogen (secondary N) is 2. The Morgan fingerprint density at radius 1 is 1.05 bits per heavy atom. The molecule has 0 saturated carbocycles. The maximum absolute atomic E-state index is 13.6. The molecule has 218 valence electrons. The zero-order chi connectivity index (χ0) is 29.2. The molecule has 41 heavy (non-hydrogen) atoms. The first-order valence-electron chi connectivity index (χ1n) is 14.1. The highest BCUT2D eigenvalue weighted by molar-refractivity contribution is 5.95. The van der Waals surface area contributed by atoms with Crippen molar-refractivity contribution in [2.75, 3.05) is 52.4 Å². The van der Waals surface area contributed by atoms with Gasteiger partial charge in [-0.15, -0.1) is 6.58 Å². The molecule has 2 aromatic rings. The number of para-hydroxylation sites is 1. The van der Waals surface area contributed by atoms with Crippen LogP contribution >= 0.6 is 0 Å². The summed E-state index contributed by atoms with van der Waals surface area (Å²) in [6, 6.07) is 15.6. The number of ether oxygens (including phenoxy) is 2. The first-order chi connectivity index (χ1) is 19.9. The summed E-state index contributed by atoms with van der Waals surface area (Å²) in [4.78, 5) is 45.0. The summed E-state index contributed by atoms with van der Waals surface area (Å²) in [6.07, 6.45) is 2.41. The normalized spacial score (nSPS) is 17.9. The molecule has 2 aliphatic heterocycles. The molecule has 2 N–H and O–H groups in total. The van der Waals surface area contributed by atoms with Crippen molar-refractivity contribution < 1.29 is 23.9 Å². The van der Waals surface area contributed by atoms with Crippen molar-refractivity contribution in [2.24, 2.45) is 0 Å². The van der Waals surface area contributed by atoms with Gasteiger partial charge in [0.2, 0.25) is 0 Å². The molecule has 0 aliphatic carbocycles. The fourth-order valence-corrected chi connectivity index (χ4v) is 5.08. The lowest BCUT2D eigenvalue weighted by molar-refractivity contribution is -0.139. The SMILES string of the molecule is C=CCN1C(=O)NC(c2cccc(Oc3ccccc3)c2)C(C(=O)OCC)=C1CN1CCCN(C(=O)NCC)CC1. The Labute approximate surface area is 241 Å². The molecule has 10 nitrogen and oxygen atoms in total. The standard InChI is InChI=1S/C31H39N5O5/c1-4-16-36-26(22-34-17-11-18-35(20-19-34)30(38)32-5-2)27(29(37)40-6-3)28(33-31(36)39)23-12-10-15-25(21-23)41-24-13-8-7-9-14-24/h4,7-10,12-15,21,28H,1,5-6,11,16-20,22H2,2-3H3,(H,32,38)(H,33,39). The minimum Gasteiger partial charge on any atom is -0.463 e. The molecule has 1 saturated heterocycles. The molecule has 0 spiro atoms. The van der Waals surface area contributed by atoms with E-state index < -0.39 is 12.0 Å². The van der Waals surface area contributed by atoms with Crippen molar-refractivity contribution in [3.63, 3.8) is 0 Å². The lowest BCUT2D eigenvalue weighted by atomic mass is 9.94. The van der Waals surface area contributed by atoms with Gasteiger partial charge in [0.1, 0.15) is 11.5 Å². The van der Waals surface area contributed by atoms with Gasteiger partial charge in [-0.2, -0.15) is 0 Å². The number of nitrogens with zero attached hydrogens (tertiary/aromatic N) is 3. The van der Waals surface area contributed by atoms with Gasteiger partial charge >= 0.3 is 18.0 Å². The van der Waals surface area contributed by atoms with Crippen LogP contribution in [-0.2, 0) is 9.53 Å². The molecular weight excluding hydrogens is 522 g/mol. The summed E-state index contributed by atoms with van der Waals surface area (Å²) in [6.45, 7) is 11.3. The predicted octanol–water partition coefficient (Wildman–Crippen LogP) is 4.29. The van der Waals surface area contributed by atoms with Crippen LogP contribution in [0.5, 0.6) is 11.5 Å². The van der Waals surface area contributed by atoms with E-state index in [0.29, 0.717) is 67.6 Å². The van der Waals surface area contributed by atoms with Crippen LogP contribution in [0.15, 0.2) is 78.5 Å². The van der Waals surface area contributed by atoms with Gasteiger partial charge in [-0.25, -0.2) is 14.4 Å². The van der Waals surface area contributed by atoms with Gasteiger partial charge in [-0.1, -0.05) is 36.4 Å². The molecule has 10 heteroatoms. The van der Waals surface area contributed by atoms with Gasteiger partial charge in [-0.05, 0) is 50.1 Å². The minimum atomic E-state index is -0.740. The van der Waals surface area contributed by atoms with E-state index in [9.17, 15) is 14.4 Å². The quantitative estimate of drug-likeness (QED) is 0.332. The average Bonchev–Trinajstić information content (AvgIpc) is 3.21. The second-order valence-electron chi connectivity index (χ2n) is 9.80. The third kappa shape index (κ3) is 7.46. The lowest BCUT2D eigenvalue weighted by Crippen LogP contribution is -2.51. The molecular formula is C31H39N5O5. The number of benzene rings is 2. The smallest absolute Gasteiger partial charge is 0.338 e. The number of carbonyl (C=O) groups excluding carboxylic acids is 3. The largest absolute Gasteiger partial charge is 0.463 e. The highest BCUT2D eigenvalue weighted by atomic mass is 16.5. The molecule has 1 unspecified atom stereocenters. The summed E-state index contributed by atoms with van der Waals surface area (Å²) in [5.41, 5.74) is 1.64. The number of hydrogen-bond acceptors (Lipinski definition) is 6. The van der Waals surface area contributed by atoms with Crippen molar-refractivity contribution in [1.29, 1.82) is 0 Å². The zero-order valence-electron chi connectivity index (χ0n) is 23.8. The van der Waals surface area contributed by atoms with E-state index in [0.717, 1.165) is 6.42 Å². The second-order valence-corrected chi connectivity index (χ2v) is 9.80. The van der Waals surface area contributed by atoms with Crippen molar-refractivity contribution in [3.8, 4) is 11.5 Å². The number of amides is 4. The van der Waals surface area contributed by atoms with E-state index in [1.165, 1.54) is 0 Å². The Bertz CT molecular complexity index is 1260. The summed E-state index contributed by atoms with van der Waals surface area (Å²) < 4.78 is 11.6. The van der Waals surface area contributed by atoms with E-state index in [2.05, 4.69) is 22.1 Å². The number of rotatable bonds is 10. The summed E-state index contributed by atoms with van der Waals surface area (Å²) in [7, 11) is 0. The molecule has 1 atom stereocenters. The molecule has 2 aromatic carbocycles. The van der Waals surface area contributed by atoms with E-state index in [1.54, 1.807) is 22.8 Å². The van der Waals surface area contributed by atoms with Gasteiger partial charge in [-0.3, -0.25) is 9.80 Å². The number of hydrogen-bond donors (Lipinski definition) is 2. The third-order valence-electron chi connectivity index (χ3n) is 6.99. The predicted molar refractivity (Wildman–Crippen MR) is 156 cm³/mol. The maximum atomic E-state index is 13.6. The van der Waals surface area contributed by atoms with Crippen LogP contribution in [0, 0.1) is 0 Å². The van der Waals surface area contributed by atoms with Crippen LogP contribution in [0.2, 0.25) is 0 Å². The minimum absolute atomic E-state index is 0.0798. The van der Waals surface area contributed by atoms with Gasteiger partial charge in [0, 0.05) is 51.5 Å². The average molecular weight is 562 g/mol. The molecule has 0 bridgehead atoms. The van der Waals surface area contributed by atoms with E-state index >= 15 is 0 Å². The first-order valence-corrected chi connectivity index (χ1v) is 14.1. The lowest BCUT2D eigenvalue weighted by Gasteiger charge is -2.38. The monoisotopic (exact) mass is 561 g/mol. The van der Waals surface area contributed by atoms with Crippen molar-refractivity contribution in [3.05, 3.63) is 84.1 Å². The van der Waals surface area contributed by atoms with Gasteiger partial charge in [0.05, 0.1) is 18.2 Å². The Morgan fingerprint density at radius 2 is 1.83 bits per heavy atom. The first kappa shape index (κ1) is 29.7. The Balaban J connectivity index is 1.69. The van der Waals surface area contributed by atoms with Gasteiger partial charge in [0.15, 0.2) is 0 Å². The van der Waals surface area contributed by atoms with Crippen LogP contribution < -0.4 is 15.4 Å². The van der Waals surface area contributed by atoms with Crippen LogP contribution in [0.1, 0.15) is 31.9 Å². The van der Waals surface area contributed by atoms with Crippen LogP contribution in [0.25, 0.3) is 0 Å². The topological polar surface area (TPSA) is 103 Å². The highest BCUT2D eigenvalue weighted by Crippen LogP contribution is 2.34. The summed E-state index contributed by atoms with van der Waals surface area (Å²) in [5, 5.41) is 5.87. The molecule has 2 aliphatic rings. The number of urea groups is 2. The molecule has 4 rings (SSSR count). The second kappa shape index (κ2) is 14.4. The Kier molecular flexibility index (Phi) is 10.4. The maximum Gasteiger partial charge on any atom is 0.338 e. The number of esters is 1. The van der Waals surface area contributed by atoms with Gasteiger partial charge < -0.3 is 25.0 Å². The van der Waals surface area contributed by atoms with E-state index in [4.69, 9.17) is 9.47 Å².